The summed E-state index contributed by atoms with van der Waals surface area (Å²) in [5.41, 5.74) is 0. The minimum atomic E-state index is -0.111. The first kappa shape index (κ1) is 9.42. The molecule has 0 amide bonds. The molecule has 1 heterocycles. The molecule has 10 heavy (non-hydrogen) atoms. The molecule has 58 valence electrons. The Morgan fingerprint density at radius 1 is 1.10 bits per heavy atom. The van der Waals surface area contributed by atoms with Crippen molar-refractivity contribution in [2.45, 2.75) is 13.2 Å². The Hall–Kier alpha value is -0.583. The van der Waals surface area contributed by atoms with Gasteiger partial charge in [-0.15, -0.1) is 0 Å². The second-order valence-corrected chi connectivity index (χ2v) is 1.68. The predicted molar refractivity (Wildman–Crippen MR) is 41.9 cm³/mol. The lowest BCUT2D eigenvalue weighted by Gasteiger charge is -1.86. The summed E-state index contributed by atoms with van der Waals surface area (Å²) >= 11 is 0. The topological polar surface area (TPSA) is 53.6 Å². The van der Waals surface area contributed by atoms with Gasteiger partial charge >= 0.3 is 0 Å². The fraction of sp³-hybridized carbons (Fsp3) is 0.333. The fourth-order valence-electron chi connectivity index (χ4n) is 0.592. The molecule has 0 saturated heterocycles. The van der Waals surface area contributed by atoms with Crippen LogP contribution in [-0.2, 0) is 13.2 Å². The maximum atomic E-state index is 8.47. The molecule has 0 atom stereocenters. The van der Waals surface area contributed by atoms with Crippen LogP contribution in [0.25, 0.3) is 0 Å². The summed E-state index contributed by atoms with van der Waals surface area (Å²) in [6.45, 7) is -0.222. The van der Waals surface area contributed by atoms with Gasteiger partial charge in [-0.3, -0.25) is 0 Å². The summed E-state index contributed by atoms with van der Waals surface area (Å²) in [5.74, 6) is 0.970. The van der Waals surface area contributed by atoms with Crippen molar-refractivity contribution in [1.82, 2.24) is 0 Å². The Labute approximate surface area is 63.3 Å². The van der Waals surface area contributed by atoms with Gasteiger partial charge in [-0.05, 0) is 23.1 Å². The maximum absolute atomic E-state index is 8.47. The van der Waals surface area contributed by atoms with E-state index in [4.69, 9.17) is 14.6 Å². The van der Waals surface area contributed by atoms with Crippen LogP contribution in [0.1, 0.15) is 11.5 Å². The second kappa shape index (κ2) is 4.27. The van der Waals surface area contributed by atoms with Crippen molar-refractivity contribution in [3.8, 4) is 0 Å². The highest BCUT2D eigenvalue weighted by atomic mass is 28.1. The van der Waals surface area contributed by atoms with Gasteiger partial charge in [0.1, 0.15) is 24.7 Å². The van der Waals surface area contributed by atoms with E-state index in [2.05, 4.69) is 0 Å². The minimum absolute atomic E-state index is 0. The molecular formula is C6H12O3Si. The number of rotatable bonds is 2. The molecule has 0 fully saturated rings. The normalized spacial score (nSPS) is 9.00. The van der Waals surface area contributed by atoms with Gasteiger partial charge < -0.3 is 14.6 Å². The summed E-state index contributed by atoms with van der Waals surface area (Å²) in [7, 11) is 0. The molecule has 0 aliphatic heterocycles. The SMILES string of the molecule is OCc1ccc(CO)o1.[SiH4]. The zero-order valence-electron chi connectivity index (χ0n) is 4.87. The zero-order valence-corrected chi connectivity index (χ0v) is 4.87. The lowest BCUT2D eigenvalue weighted by Crippen LogP contribution is -1.76. The van der Waals surface area contributed by atoms with E-state index in [0.29, 0.717) is 11.5 Å². The van der Waals surface area contributed by atoms with Crippen LogP contribution < -0.4 is 0 Å². The average Bonchev–Trinajstić information content (AvgIpc) is 2.34. The number of aliphatic hydroxyl groups is 2. The molecule has 2 N–H and O–H groups in total. The molecule has 1 aromatic rings. The zero-order chi connectivity index (χ0) is 6.69. The van der Waals surface area contributed by atoms with Crippen molar-refractivity contribution in [2.75, 3.05) is 0 Å². The van der Waals surface area contributed by atoms with Gasteiger partial charge in [0, 0.05) is 0 Å². The third-order valence-electron chi connectivity index (χ3n) is 1.03. The van der Waals surface area contributed by atoms with Gasteiger partial charge in [0.2, 0.25) is 0 Å². The average molecular weight is 160 g/mol. The van der Waals surface area contributed by atoms with Crippen LogP contribution in [0.3, 0.4) is 0 Å². The van der Waals surface area contributed by atoms with E-state index >= 15 is 0 Å². The van der Waals surface area contributed by atoms with E-state index < -0.39 is 0 Å². The van der Waals surface area contributed by atoms with Crippen LogP contribution in [-0.4, -0.2) is 21.2 Å². The van der Waals surface area contributed by atoms with Crippen molar-refractivity contribution < 1.29 is 14.6 Å². The van der Waals surface area contributed by atoms with E-state index in [1.807, 2.05) is 0 Å². The lowest BCUT2D eigenvalue weighted by atomic mass is 10.4. The highest BCUT2D eigenvalue weighted by Crippen LogP contribution is 2.06. The summed E-state index contributed by atoms with van der Waals surface area (Å²) in [4.78, 5) is 0. The van der Waals surface area contributed by atoms with Crippen LogP contribution in [0.5, 0.6) is 0 Å². The highest BCUT2D eigenvalue weighted by molar-refractivity contribution is 5.75. The molecule has 0 aliphatic carbocycles. The molecule has 3 nitrogen and oxygen atoms in total. The fourth-order valence-corrected chi connectivity index (χ4v) is 0.592. The molecule has 0 aromatic carbocycles. The van der Waals surface area contributed by atoms with Crippen LogP contribution in [0, 0.1) is 0 Å². The van der Waals surface area contributed by atoms with Gasteiger partial charge in [-0.1, -0.05) is 0 Å². The Kier molecular flexibility index (Phi) is 4.02. The highest BCUT2D eigenvalue weighted by Gasteiger charge is 1.96. The van der Waals surface area contributed by atoms with Gasteiger partial charge in [-0.2, -0.15) is 0 Å². The monoisotopic (exact) mass is 160 g/mol. The molecule has 0 bridgehead atoms. The predicted octanol–water partition coefficient (Wildman–Crippen LogP) is -1.19. The molecule has 1 aromatic heterocycles. The van der Waals surface area contributed by atoms with E-state index in [-0.39, 0.29) is 24.2 Å². The summed E-state index contributed by atoms with van der Waals surface area (Å²) in [5, 5.41) is 16.9. The minimum Gasteiger partial charge on any atom is -0.461 e. The molecule has 0 unspecified atom stereocenters. The summed E-state index contributed by atoms with van der Waals surface area (Å²) < 4.78 is 4.88. The first-order chi connectivity index (χ1) is 4.36. The van der Waals surface area contributed by atoms with E-state index in [1.54, 1.807) is 12.1 Å². The largest absolute Gasteiger partial charge is 0.461 e. The summed E-state index contributed by atoms with van der Waals surface area (Å²) in [6, 6.07) is 3.26. The van der Waals surface area contributed by atoms with Crippen molar-refractivity contribution in [1.29, 1.82) is 0 Å². The van der Waals surface area contributed by atoms with E-state index in [1.165, 1.54) is 0 Å². The van der Waals surface area contributed by atoms with Crippen molar-refractivity contribution >= 4 is 11.0 Å². The lowest BCUT2D eigenvalue weighted by molar-refractivity contribution is 0.215. The molecule has 4 heteroatoms. The first-order valence-corrected chi connectivity index (χ1v) is 2.66. The standard InChI is InChI=1S/C6H8O3.H4Si/c7-3-5-1-2-6(4-8)9-5;/h1-2,7-8H,3-4H2;1H4. The Morgan fingerprint density at radius 2 is 1.50 bits per heavy atom. The van der Waals surface area contributed by atoms with E-state index in [9.17, 15) is 0 Å². The van der Waals surface area contributed by atoms with Crippen LogP contribution >= 0.6 is 0 Å². The van der Waals surface area contributed by atoms with Crippen molar-refractivity contribution in [2.24, 2.45) is 0 Å². The molecule has 1 rings (SSSR count). The molecule has 0 aliphatic rings. The van der Waals surface area contributed by atoms with Gasteiger partial charge in [-0.25, -0.2) is 0 Å². The smallest absolute Gasteiger partial charge is 0.129 e. The van der Waals surface area contributed by atoms with E-state index in [0.717, 1.165) is 0 Å². The van der Waals surface area contributed by atoms with Gasteiger partial charge in [0.15, 0.2) is 0 Å². The Balaban J connectivity index is 0.000000810. The molecular weight excluding hydrogens is 148 g/mol. The molecule has 0 radical (unpaired) electrons. The van der Waals surface area contributed by atoms with Gasteiger partial charge in [0.05, 0.1) is 0 Å². The second-order valence-electron chi connectivity index (χ2n) is 1.68. The van der Waals surface area contributed by atoms with Crippen LogP contribution in [0.4, 0.5) is 0 Å². The van der Waals surface area contributed by atoms with Crippen LogP contribution in [0.2, 0.25) is 0 Å². The van der Waals surface area contributed by atoms with Gasteiger partial charge in [0.25, 0.3) is 0 Å². The number of hydrogen-bond donors (Lipinski definition) is 2. The Morgan fingerprint density at radius 3 is 1.70 bits per heavy atom. The number of furan rings is 1. The van der Waals surface area contributed by atoms with Crippen LogP contribution in [0.15, 0.2) is 16.5 Å². The molecule has 0 saturated carbocycles. The molecule has 0 spiro atoms. The number of hydrogen-bond acceptors (Lipinski definition) is 3. The summed E-state index contributed by atoms with van der Waals surface area (Å²) in [6.07, 6.45) is 0. The third-order valence-corrected chi connectivity index (χ3v) is 1.03. The number of aliphatic hydroxyl groups excluding tert-OH is 2. The first-order valence-electron chi connectivity index (χ1n) is 2.66. The van der Waals surface area contributed by atoms with Crippen molar-refractivity contribution in [3.05, 3.63) is 23.7 Å². The third kappa shape index (κ3) is 1.98. The maximum Gasteiger partial charge on any atom is 0.129 e. The van der Waals surface area contributed by atoms with Crippen molar-refractivity contribution in [3.63, 3.8) is 0 Å². The quantitative estimate of drug-likeness (QED) is 0.535. The Bertz CT molecular complexity index is 166.